The zero-order valence-electron chi connectivity index (χ0n) is 18.3. The Labute approximate surface area is 193 Å². The van der Waals surface area contributed by atoms with E-state index in [4.69, 9.17) is 9.15 Å². The number of benzene rings is 3. The molecule has 7 nitrogen and oxygen atoms in total. The molecule has 1 N–H and O–H groups in total. The Morgan fingerprint density at radius 3 is 2.58 bits per heavy atom. The maximum atomic E-state index is 13.0. The van der Waals surface area contributed by atoms with Crippen molar-refractivity contribution in [2.75, 3.05) is 12.4 Å². The van der Waals surface area contributed by atoms with Gasteiger partial charge in [-0.05, 0) is 31.2 Å². The van der Waals surface area contributed by atoms with Crippen molar-refractivity contribution in [3.05, 3.63) is 71.0 Å². The van der Waals surface area contributed by atoms with Crippen molar-refractivity contribution in [3.63, 3.8) is 0 Å². The monoisotopic (exact) mass is 459 g/mol. The summed E-state index contributed by atoms with van der Waals surface area (Å²) in [6.07, 6.45) is 0. The molecule has 0 radical (unpaired) electrons. The number of aromatic nitrogens is 2. The van der Waals surface area contributed by atoms with E-state index in [9.17, 15) is 9.59 Å². The summed E-state index contributed by atoms with van der Waals surface area (Å²) in [6.45, 7) is 1.77. The molecule has 5 aromatic rings. The van der Waals surface area contributed by atoms with Gasteiger partial charge < -0.3 is 14.5 Å². The van der Waals surface area contributed by atoms with Crippen LogP contribution < -0.4 is 15.6 Å². The average molecular weight is 460 g/mol. The zero-order chi connectivity index (χ0) is 23.1. The molecule has 1 unspecified atom stereocenters. The van der Waals surface area contributed by atoms with Crippen LogP contribution in [0.5, 0.6) is 5.75 Å². The van der Waals surface area contributed by atoms with Crippen LogP contribution in [0.3, 0.4) is 0 Å². The first kappa shape index (κ1) is 21.1. The van der Waals surface area contributed by atoms with Crippen molar-refractivity contribution in [1.29, 1.82) is 0 Å². The summed E-state index contributed by atoms with van der Waals surface area (Å²) in [5.74, 6) is 0.298. The normalized spacial score (nSPS) is 12.3. The summed E-state index contributed by atoms with van der Waals surface area (Å²) in [7, 11) is 3.22. The van der Waals surface area contributed by atoms with E-state index in [-0.39, 0.29) is 11.5 Å². The number of rotatable bonds is 5. The van der Waals surface area contributed by atoms with Crippen LogP contribution in [0.2, 0.25) is 0 Å². The van der Waals surface area contributed by atoms with E-state index in [1.165, 1.54) is 16.3 Å². The molecule has 166 valence electrons. The number of ether oxygens (including phenoxy) is 1. The largest absolute Gasteiger partial charge is 0.495 e. The number of fused-ring (bicyclic) bond motifs is 4. The predicted molar refractivity (Wildman–Crippen MR) is 131 cm³/mol. The molecule has 2 aromatic heterocycles. The Kier molecular flexibility index (Phi) is 5.30. The lowest BCUT2D eigenvalue weighted by atomic mass is 10.1. The predicted octanol–water partition coefficient (Wildman–Crippen LogP) is 4.96. The first-order valence-electron chi connectivity index (χ1n) is 10.4. The molecule has 0 fully saturated rings. The minimum absolute atomic E-state index is 0.146. The number of hydrogen-bond acceptors (Lipinski definition) is 6. The number of para-hydroxylation sites is 2. The van der Waals surface area contributed by atoms with E-state index in [1.54, 1.807) is 45.3 Å². The number of carbonyl (C=O) groups excluding carboxylic acids is 1. The summed E-state index contributed by atoms with van der Waals surface area (Å²) in [5, 5.41) is 5.33. The summed E-state index contributed by atoms with van der Waals surface area (Å²) in [6, 6.07) is 18.6. The quantitative estimate of drug-likeness (QED) is 0.295. The van der Waals surface area contributed by atoms with Crippen molar-refractivity contribution < 1.29 is 13.9 Å². The molecule has 1 amide bonds. The SMILES string of the molecule is COc1cc2c(cc1NC(=O)C(C)Sc1nc3ccccc3c(=O)n1C)oc1ccccc12. The lowest BCUT2D eigenvalue weighted by Crippen LogP contribution is -2.25. The third-order valence-corrected chi connectivity index (χ3v) is 6.69. The highest BCUT2D eigenvalue weighted by atomic mass is 32.2. The van der Waals surface area contributed by atoms with E-state index in [0.717, 1.165) is 16.4 Å². The number of hydrogen-bond donors (Lipinski definition) is 1. The van der Waals surface area contributed by atoms with Gasteiger partial charge in [-0.25, -0.2) is 4.98 Å². The van der Waals surface area contributed by atoms with Gasteiger partial charge in [-0.15, -0.1) is 0 Å². The van der Waals surface area contributed by atoms with Crippen LogP contribution in [0.4, 0.5) is 5.69 Å². The number of anilines is 1. The Bertz CT molecular complexity index is 1590. The van der Waals surface area contributed by atoms with Gasteiger partial charge in [-0.3, -0.25) is 14.2 Å². The molecular weight excluding hydrogens is 438 g/mol. The summed E-state index contributed by atoms with van der Waals surface area (Å²) in [4.78, 5) is 30.2. The van der Waals surface area contributed by atoms with Crippen LogP contribution >= 0.6 is 11.8 Å². The van der Waals surface area contributed by atoms with Crippen LogP contribution in [0, 0.1) is 0 Å². The third-order valence-electron chi connectivity index (χ3n) is 5.55. The van der Waals surface area contributed by atoms with Gasteiger partial charge in [0, 0.05) is 23.9 Å². The first-order chi connectivity index (χ1) is 16.0. The number of amides is 1. The van der Waals surface area contributed by atoms with Crippen LogP contribution in [0.25, 0.3) is 32.8 Å². The van der Waals surface area contributed by atoms with E-state index in [0.29, 0.717) is 33.1 Å². The minimum atomic E-state index is -0.514. The first-order valence-corrected chi connectivity index (χ1v) is 11.3. The molecule has 2 heterocycles. The lowest BCUT2D eigenvalue weighted by Gasteiger charge is -2.15. The van der Waals surface area contributed by atoms with Crippen molar-refractivity contribution in [3.8, 4) is 5.75 Å². The van der Waals surface area contributed by atoms with Crippen molar-refractivity contribution in [1.82, 2.24) is 9.55 Å². The summed E-state index contributed by atoms with van der Waals surface area (Å²) < 4.78 is 12.9. The number of methoxy groups -OCH3 is 1. The standard InChI is InChI=1S/C25H21N3O4S/c1-14(33-25-27-18-10-6-4-9-16(18)24(30)28(25)2)23(29)26-19-13-21-17(12-22(19)31-3)15-8-5-7-11-20(15)32-21/h4-14H,1-3H3,(H,26,29). The minimum Gasteiger partial charge on any atom is -0.495 e. The summed E-state index contributed by atoms with van der Waals surface area (Å²) in [5.41, 5.74) is 2.40. The van der Waals surface area contributed by atoms with Gasteiger partial charge in [0.15, 0.2) is 5.16 Å². The van der Waals surface area contributed by atoms with Gasteiger partial charge in [-0.1, -0.05) is 42.1 Å². The highest BCUT2D eigenvalue weighted by Gasteiger charge is 2.21. The van der Waals surface area contributed by atoms with Gasteiger partial charge in [0.1, 0.15) is 16.9 Å². The highest BCUT2D eigenvalue weighted by Crippen LogP contribution is 2.36. The number of thioether (sulfide) groups is 1. The molecule has 5 rings (SSSR count). The topological polar surface area (TPSA) is 86.4 Å². The molecule has 0 aliphatic carbocycles. The molecule has 1 atom stereocenters. The zero-order valence-corrected chi connectivity index (χ0v) is 19.1. The van der Waals surface area contributed by atoms with Gasteiger partial charge in [-0.2, -0.15) is 0 Å². The Balaban J connectivity index is 1.43. The van der Waals surface area contributed by atoms with Gasteiger partial charge in [0.05, 0.1) is 29.0 Å². The molecular formula is C25H21N3O4S. The van der Waals surface area contributed by atoms with Crippen LogP contribution in [0.1, 0.15) is 6.92 Å². The molecule has 3 aromatic carbocycles. The second kappa shape index (κ2) is 8.29. The second-order valence-electron chi connectivity index (χ2n) is 7.67. The molecule has 0 aliphatic heterocycles. The van der Waals surface area contributed by atoms with Crippen LogP contribution in [0.15, 0.2) is 75.0 Å². The average Bonchev–Trinajstić information content (AvgIpc) is 3.19. The number of carbonyl (C=O) groups is 1. The maximum Gasteiger partial charge on any atom is 0.261 e. The molecule has 0 bridgehead atoms. The third kappa shape index (κ3) is 3.72. The van der Waals surface area contributed by atoms with Crippen LogP contribution in [-0.4, -0.2) is 27.8 Å². The molecule has 0 aliphatic rings. The Hall–Kier alpha value is -3.78. The van der Waals surface area contributed by atoms with Gasteiger partial charge >= 0.3 is 0 Å². The van der Waals surface area contributed by atoms with Crippen LogP contribution in [-0.2, 0) is 11.8 Å². The fraction of sp³-hybridized carbons (Fsp3) is 0.160. The van der Waals surface area contributed by atoms with E-state index in [2.05, 4.69) is 10.3 Å². The van der Waals surface area contributed by atoms with E-state index >= 15 is 0 Å². The molecule has 0 saturated carbocycles. The number of furan rings is 1. The lowest BCUT2D eigenvalue weighted by molar-refractivity contribution is -0.115. The second-order valence-corrected chi connectivity index (χ2v) is 8.98. The van der Waals surface area contributed by atoms with Gasteiger partial charge in [0.25, 0.3) is 5.56 Å². The molecule has 0 saturated heterocycles. The van der Waals surface area contributed by atoms with Crippen molar-refractivity contribution in [2.45, 2.75) is 17.3 Å². The fourth-order valence-corrected chi connectivity index (χ4v) is 4.64. The highest BCUT2D eigenvalue weighted by molar-refractivity contribution is 8.00. The summed E-state index contributed by atoms with van der Waals surface area (Å²) >= 11 is 1.22. The number of nitrogens with one attached hydrogen (secondary N) is 1. The maximum absolute atomic E-state index is 13.0. The molecule has 0 spiro atoms. The van der Waals surface area contributed by atoms with Crippen molar-refractivity contribution in [2.24, 2.45) is 7.05 Å². The smallest absolute Gasteiger partial charge is 0.261 e. The number of nitrogens with zero attached hydrogens (tertiary/aromatic N) is 2. The fourth-order valence-electron chi connectivity index (χ4n) is 3.77. The molecule has 8 heteroatoms. The van der Waals surface area contributed by atoms with E-state index in [1.807, 2.05) is 36.4 Å². The Morgan fingerprint density at radius 1 is 1.06 bits per heavy atom. The van der Waals surface area contributed by atoms with Gasteiger partial charge in [0.2, 0.25) is 5.91 Å². The molecule has 33 heavy (non-hydrogen) atoms. The van der Waals surface area contributed by atoms with E-state index < -0.39 is 5.25 Å². The Morgan fingerprint density at radius 2 is 1.79 bits per heavy atom. The van der Waals surface area contributed by atoms with Crippen molar-refractivity contribution >= 4 is 56.2 Å².